The van der Waals surface area contributed by atoms with Crippen LogP contribution in [-0.2, 0) is 10.0 Å². The SMILES string of the molecule is CCN(C1(CN)CCCC1)S(=O)(=O)c1ccn[nH]1. The van der Waals surface area contributed by atoms with E-state index in [4.69, 9.17) is 5.73 Å². The molecule has 0 atom stereocenters. The maximum absolute atomic E-state index is 12.6. The third-order valence-corrected chi connectivity index (χ3v) is 5.78. The molecule has 2 rings (SSSR count). The lowest BCUT2D eigenvalue weighted by Crippen LogP contribution is -2.54. The molecule has 102 valence electrons. The molecule has 3 N–H and O–H groups in total. The fourth-order valence-corrected chi connectivity index (χ4v) is 4.60. The van der Waals surface area contributed by atoms with E-state index >= 15 is 0 Å². The van der Waals surface area contributed by atoms with Crippen LogP contribution in [0.2, 0.25) is 0 Å². The van der Waals surface area contributed by atoms with Gasteiger partial charge in [-0.15, -0.1) is 0 Å². The Hall–Kier alpha value is -0.920. The van der Waals surface area contributed by atoms with Gasteiger partial charge in [-0.1, -0.05) is 19.8 Å². The number of sulfonamides is 1. The van der Waals surface area contributed by atoms with Gasteiger partial charge in [0.2, 0.25) is 0 Å². The van der Waals surface area contributed by atoms with Gasteiger partial charge in [-0.05, 0) is 18.9 Å². The van der Waals surface area contributed by atoms with Crippen molar-refractivity contribution in [3.63, 3.8) is 0 Å². The van der Waals surface area contributed by atoms with Crippen LogP contribution in [0.5, 0.6) is 0 Å². The Morgan fingerprint density at radius 1 is 1.50 bits per heavy atom. The summed E-state index contributed by atoms with van der Waals surface area (Å²) < 4.78 is 26.7. The predicted octanol–water partition coefficient (Wildman–Crippen LogP) is 0.692. The van der Waals surface area contributed by atoms with E-state index in [0.29, 0.717) is 13.1 Å². The highest BCUT2D eigenvalue weighted by atomic mass is 32.2. The normalized spacial score (nSPS) is 19.5. The van der Waals surface area contributed by atoms with Crippen LogP contribution in [0.15, 0.2) is 17.3 Å². The Bertz CT molecular complexity index is 477. The largest absolute Gasteiger partial charge is 0.329 e. The molecule has 1 aromatic heterocycles. The summed E-state index contributed by atoms with van der Waals surface area (Å²) in [6.45, 7) is 2.65. The van der Waals surface area contributed by atoms with E-state index < -0.39 is 15.6 Å². The van der Waals surface area contributed by atoms with Crippen LogP contribution < -0.4 is 5.73 Å². The first-order chi connectivity index (χ1) is 8.57. The summed E-state index contributed by atoms with van der Waals surface area (Å²) >= 11 is 0. The Labute approximate surface area is 108 Å². The van der Waals surface area contributed by atoms with Crippen LogP contribution in [0.25, 0.3) is 0 Å². The number of hydrogen-bond donors (Lipinski definition) is 2. The van der Waals surface area contributed by atoms with E-state index in [9.17, 15) is 8.42 Å². The Morgan fingerprint density at radius 2 is 2.17 bits per heavy atom. The minimum atomic E-state index is -3.53. The van der Waals surface area contributed by atoms with Gasteiger partial charge >= 0.3 is 0 Å². The molecule has 0 radical (unpaired) electrons. The summed E-state index contributed by atoms with van der Waals surface area (Å²) in [4.78, 5) is 0. The number of nitrogens with two attached hydrogens (primary N) is 1. The highest BCUT2D eigenvalue weighted by Crippen LogP contribution is 2.37. The predicted molar refractivity (Wildman–Crippen MR) is 68.4 cm³/mol. The first-order valence-electron chi connectivity index (χ1n) is 6.29. The molecule has 1 aliphatic carbocycles. The lowest BCUT2D eigenvalue weighted by molar-refractivity contribution is 0.204. The van der Waals surface area contributed by atoms with Crippen molar-refractivity contribution >= 4 is 10.0 Å². The molecular weight excluding hydrogens is 252 g/mol. The van der Waals surface area contributed by atoms with Gasteiger partial charge in [0.1, 0.15) is 0 Å². The molecular formula is C11H20N4O2S. The fraction of sp³-hybridized carbons (Fsp3) is 0.727. The van der Waals surface area contributed by atoms with Crippen molar-refractivity contribution in [2.75, 3.05) is 13.1 Å². The summed E-state index contributed by atoms with van der Waals surface area (Å²) in [5, 5.41) is 6.40. The van der Waals surface area contributed by atoms with Crippen LogP contribution in [-0.4, -0.2) is 41.5 Å². The summed E-state index contributed by atoms with van der Waals surface area (Å²) in [6.07, 6.45) is 5.19. The minimum absolute atomic E-state index is 0.143. The van der Waals surface area contributed by atoms with Gasteiger partial charge in [0, 0.05) is 18.6 Å². The molecule has 0 spiro atoms. The molecule has 0 aromatic carbocycles. The summed E-state index contributed by atoms with van der Waals surface area (Å²) in [7, 11) is -3.53. The van der Waals surface area contributed by atoms with Crippen molar-refractivity contribution in [3.8, 4) is 0 Å². The van der Waals surface area contributed by atoms with Crippen molar-refractivity contribution < 1.29 is 8.42 Å². The minimum Gasteiger partial charge on any atom is -0.329 e. The fourth-order valence-electron chi connectivity index (χ4n) is 2.85. The van der Waals surface area contributed by atoms with E-state index in [0.717, 1.165) is 25.7 Å². The molecule has 7 heteroatoms. The number of H-pyrrole nitrogens is 1. The van der Waals surface area contributed by atoms with E-state index in [1.54, 1.807) is 4.31 Å². The van der Waals surface area contributed by atoms with Gasteiger partial charge in [0.25, 0.3) is 10.0 Å². The summed E-state index contributed by atoms with van der Waals surface area (Å²) in [5.74, 6) is 0. The zero-order valence-corrected chi connectivity index (χ0v) is 11.4. The first-order valence-corrected chi connectivity index (χ1v) is 7.73. The van der Waals surface area contributed by atoms with Gasteiger partial charge in [0.15, 0.2) is 5.03 Å². The van der Waals surface area contributed by atoms with E-state index in [1.165, 1.54) is 12.3 Å². The highest BCUT2D eigenvalue weighted by molar-refractivity contribution is 7.89. The Kier molecular flexibility index (Phi) is 3.74. The monoisotopic (exact) mass is 272 g/mol. The van der Waals surface area contributed by atoms with Gasteiger partial charge in [-0.3, -0.25) is 5.10 Å². The van der Waals surface area contributed by atoms with Gasteiger partial charge in [0.05, 0.1) is 6.20 Å². The van der Waals surface area contributed by atoms with E-state index in [1.807, 2.05) is 6.92 Å². The molecule has 0 amide bonds. The molecule has 18 heavy (non-hydrogen) atoms. The first kappa shape index (κ1) is 13.5. The van der Waals surface area contributed by atoms with Crippen molar-refractivity contribution in [2.24, 2.45) is 5.73 Å². The van der Waals surface area contributed by atoms with Crippen molar-refractivity contribution in [1.29, 1.82) is 0 Å². The molecule has 1 saturated carbocycles. The molecule has 1 fully saturated rings. The molecule has 6 nitrogen and oxygen atoms in total. The van der Waals surface area contributed by atoms with Crippen LogP contribution in [0.1, 0.15) is 32.6 Å². The molecule has 1 heterocycles. The average Bonchev–Trinajstić information content (AvgIpc) is 3.01. The van der Waals surface area contributed by atoms with E-state index in [2.05, 4.69) is 10.2 Å². The summed E-state index contributed by atoms with van der Waals surface area (Å²) in [6, 6.07) is 1.48. The smallest absolute Gasteiger partial charge is 0.260 e. The van der Waals surface area contributed by atoms with Gasteiger partial charge in [-0.2, -0.15) is 9.40 Å². The average molecular weight is 272 g/mol. The summed E-state index contributed by atoms with van der Waals surface area (Å²) in [5.41, 5.74) is 5.45. The number of likely N-dealkylation sites (N-methyl/N-ethyl adjacent to an activating group) is 1. The number of hydrogen-bond acceptors (Lipinski definition) is 4. The number of rotatable bonds is 5. The zero-order valence-electron chi connectivity index (χ0n) is 10.6. The van der Waals surface area contributed by atoms with E-state index in [-0.39, 0.29) is 5.03 Å². The third-order valence-electron chi connectivity index (χ3n) is 3.77. The number of nitrogens with one attached hydrogen (secondary N) is 1. The van der Waals surface area contributed by atoms with Gasteiger partial charge in [-0.25, -0.2) is 8.42 Å². The Balaban J connectivity index is 2.39. The van der Waals surface area contributed by atoms with Crippen molar-refractivity contribution in [1.82, 2.24) is 14.5 Å². The number of nitrogens with zero attached hydrogens (tertiary/aromatic N) is 2. The lowest BCUT2D eigenvalue weighted by atomic mass is 9.98. The third kappa shape index (κ3) is 2.06. The standard InChI is InChI=1S/C11H20N4O2S/c1-2-15(11(9-12)6-3-4-7-11)18(16,17)10-5-8-13-14-10/h5,8H,2-4,6-7,9,12H2,1H3,(H,13,14). The molecule has 0 saturated heterocycles. The van der Waals surface area contributed by atoms with Crippen LogP contribution in [0.4, 0.5) is 0 Å². The number of aromatic nitrogens is 2. The maximum atomic E-state index is 12.6. The second kappa shape index (κ2) is 4.99. The van der Waals surface area contributed by atoms with Crippen LogP contribution in [0, 0.1) is 0 Å². The highest BCUT2D eigenvalue weighted by Gasteiger charge is 2.44. The van der Waals surface area contributed by atoms with Crippen LogP contribution >= 0.6 is 0 Å². The van der Waals surface area contributed by atoms with Crippen molar-refractivity contribution in [3.05, 3.63) is 12.3 Å². The number of aromatic amines is 1. The topological polar surface area (TPSA) is 92.1 Å². The zero-order chi connectivity index (χ0) is 13.2. The molecule has 0 aliphatic heterocycles. The molecule has 1 aliphatic rings. The molecule has 0 bridgehead atoms. The van der Waals surface area contributed by atoms with Crippen molar-refractivity contribution in [2.45, 2.75) is 43.2 Å². The van der Waals surface area contributed by atoms with Crippen LogP contribution in [0.3, 0.4) is 0 Å². The molecule has 0 unspecified atom stereocenters. The quantitative estimate of drug-likeness (QED) is 0.825. The lowest BCUT2D eigenvalue weighted by Gasteiger charge is -2.38. The maximum Gasteiger partial charge on any atom is 0.260 e. The van der Waals surface area contributed by atoms with Gasteiger partial charge < -0.3 is 5.73 Å². The Morgan fingerprint density at radius 3 is 2.61 bits per heavy atom. The molecule has 1 aromatic rings. The second-order valence-corrected chi connectivity index (χ2v) is 6.56. The second-order valence-electron chi connectivity index (χ2n) is 4.73.